The Bertz CT molecular complexity index is 254. The molecular formula is C10H15NO3. The van der Waals surface area contributed by atoms with Crippen LogP contribution in [0.3, 0.4) is 0 Å². The van der Waals surface area contributed by atoms with Crippen LogP contribution in [0.4, 0.5) is 0 Å². The summed E-state index contributed by atoms with van der Waals surface area (Å²) in [6, 6.07) is 3.73. The van der Waals surface area contributed by atoms with Crippen molar-refractivity contribution in [2.45, 2.75) is 18.6 Å². The Morgan fingerprint density at radius 3 is 3.07 bits per heavy atom. The summed E-state index contributed by atoms with van der Waals surface area (Å²) in [6.07, 6.45) is 2.34. The summed E-state index contributed by atoms with van der Waals surface area (Å²) in [7, 11) is 0. The molecule has 1 aromatic rings. The molecule has 0 spiro atoms. The highest BCUT2D eigenvalue weighted by Gasteiger charge is 2.22. The Labute approximate surface area is 83.0 Å². The second-order valence-electron chi connectivity index (χ2n) is 3.43. The largest absolute Gasteiger partial charge is 0.469 e. The van der Waals surface area contributed by atoms with Crippen molar-refractivity contribution >= 4 is 0 Å². The van der Waals surface area contributed by atoms with E-state index in [-0.39, 0.29) is 12.1 Å². The van der Waals surface area contributed by atoms with E-state index in [2.05, 4.69) is 0 Å². The van der Waals surface area contributed by atoms with Crippen LogP contribution < -0.4 is 5.73 Å². The molecule has 14 heavy (non-hydrogen) atoms. The zero-order chi connectivity index (χ0) is 9.80. The normalized spacial score (nSPS) is 24.8. The monoisotopic (exact) mass is 197 g/mol. The van der Waals surface area contributed by atoms with Crippen LogP contribution in [0.1, 0.15) is 5.76 Å². The van der Waals surface area contributed by atoms with Crippen molar-refractivity contribution in [2.24, 2.45) is 5.73 Å². The van der Waals surface area contributed by atoms with Gasteiger partial charge in [0.15, 0.2) is 0 Å². The summed E-state index contributed by atoms with van der Waals surface area (Å²) in [6.45, 7) is 1.89. The number of nitrogens with two attached hydrogens (primary N) is 1. The molecule has 1 saturated heterocycles. The molecule has 4 heteroatoms. The summed E-state index contributed by atoms with van der Waals surface area (Å²) >= 11 is 0. The summed E-state index contributed by atoms with van der Waals surface area (Å²) in [5.41, 5.74) is 5.97. The van der Waals surface area contributed by atoms with Gasteiger partial charge < -0.3 is 19.6 Å². The van der Waals surface area contributed by atoms with Gasteiger partial charge in [0.25, 0.3) is 0 Å². The number of ether oxygens (including phenoxy) is 2. The van der Waals surface area contributed by atoms with Crippen LogP contribution in [0, 0.1) is 0 Å². The lowest BCUT2D eigenvalue weighted by atomic mass is 10.1. The van der Waals surface area contributed by atoms with Crippen molar-refractivity contribution in [2.75, 3.05) is 19.8 Å². The van der Waals surface area contributed by atoms with Gasteiger partial charge >= 0.3 is 0 Å². The molecule has 1 aromatic heterocycles. The lowest BCUT2D eigenvalue weighted by Gasteiger charge is -2.27. The molecule has 0 aliphatic carbocycles. The van der Waals surface area contributed by atoms with Crippen molar-refractivity contribution in [1.29, 1.82) is 0 Å². The second kappa shape index (κ2) is 4.59. The van der Waals surface area contributed by atoms with Crippen LogP contribution >= 0.6 is 0 Å². The Hall–Kier alpha value is -0.840. The van der Waals surface area contributed by atoms with Gasteiger partial charge in [0.05, 0.1) is 32.2 Å². The molecule has 0 bridgehead atoms. The van der Waals surface area contributed by atoms with Gasteiger partial charge in [0, 0.05) is 12.5 Å². The third kappa shape index (κ3) is 2.35. The van der Waals surface area contributed by atoms with Crippen LogP contribution in [0.5, 0.6) is 0 Å². The third-order valence-electron chi connectivity index (χ3n) is 2.34. The fourth-order valence-corrected chi connectivity index (χ4v) is 1.55. The molecule has 2 atom stereocenters. The molecule has 2 rings (SSSR count). The Balaban J connectivity index is 1.85. The molecule has 2 N–H and O–H groups in total. The number of rotatable bonds is 3. The minimum atomic E-state index is -0.0542. The smallest absolute Gasteiger partial charge is 0.105 e. The molecule has 2 heterocycles. The van der Waals surface area contributed by atoms with Gasteiger partial charge in [-0.1, -0.05) is 0 Å². The zero-order valence-corrected chi connectivity index (χ0v) is 8.02. The maximum absolute atomic E-state index is 5.97. The fourth-order valence-electron chi connectivity index (χ4n) is 1.55. The van der Waals surface area contributed by atoms with Gasteiger partial charge in [-0.3, -0.25) is 0 Å². The molecule has 0 radical (unpaired) electrons. The molecule has 4 nitrogen and oxygen atoms in total. The van der Waals surface area contributed by atoms with Gasteiger partial charge in [-0.05, 0) is 12.1 Å². The van der Waals surface area contributed by atoms with Gasteiger partial charge in [0.2, 0.25) is 0 Å². The summed E-state index contributed by atoms with van der Waals surface area (Å²) in [5, 5.41) is 0. The molecular weight excluding hydrogens is 182 g/mol. The van der Waals surface area contributed by atoms with E-state index in [1.165, 1.54) is 0 Å². The van der Waals surface area contributed by atoms with Crippen molar-refractivity contribution in [3.63, 3.8) is 0 Å². The van der Waals surface area contributed by atoms with Crippen molar-refractivity contribution in [3.05, 3.63) is 24.2 Å². The first-order valence-electron chi connectivity index (χ1n) is 4.83. The van der Waals surface area contributed by atoms with E-state index in [0.29, 0.717) is 26.2 Å². The van der Waals surface area contributed by atoms with Gasteiger partial charge in [0.1, 0.15) is 5.76 Å². The average Bonchev–Trinajstić information content (AvgIpc) is 2.72. The Kier molecular flexibility index (Phi) is 3.18. The molecule has 2 unspecified atom stereocenters. The molecule has 0 aromatic carbocycles. The van der Waals surface area contributed by atoms with E-state index in [4.69, 9.17) is 19.6 Å². The van der Waals surface area contributed by atoms with Gasteiger partial charge in [-0.2, -0.15) is 0 Å². The van der Waals surface area contributed by atoms with E-state index in [9.17, 15) is 0 Å². The Morgan fingerprint density at radius 2 is 2.43 bits per heavy atom. The highest BCUT2D eigenvalue weighted by Crippen LogP contribution is 2.10. The quantitative estimate of drug-likeness (QED) is 0.769. The fraction of sp³-hybridized carbons (Fsp3) is 0.600. The van der Waals surface area contributed by atoms with Gasteiger partial charge in [-0.15, -0.1) is 0 Å². The van der Waals surface area contributed by atoms with Crippen molar-refractivity contribution in [1.82, 2.24) is 0 Å². The van der Waals surface area contributed by atoms with Crippen LogP contribution in [0.2, 0.25) is 0 Å². The van der Waals surface area contributed by atoms with Crippen molar-refractivity contribution < 1.29 is 13.9 Å². The molecule has 1 aliphatic heterocycles. The summed E-state index contributed by atoms with van der Waals surface area (Å²) < 4.78 is 16.0. The first kappa shape index (κ1) is 9.71. The molecule has 78 valence electrons. The first-order chi connectivity index (χ1) is 6.86. The number of hydrogen-bond acceptors (Lipinski definition) is 4. The third-order valence-corrected chi connectivity index (χ3v) is 2.34. The van der Waals surface area contributed by atoms with Crippen LogP contribution in [0.15, 0.2) is 22.8 Å². The van der Waals surface area contributed by atoms with Crippen LogP contribution in [-0.2, 0) is 15.9 Å². The number of furan rings is 1. The van der Waals surface area contributed by atoms with E-state index >= 15 is 0 Å². The SMILES string of the molecule is NC(Cc1ccco1)C1COCCO1. The zero-order valence-electron chi connectivity index (χ0n) is 8.02. The minimum absolute atomic E-state index is 0.00569. The van der Waals surface area contributed by atoms with Crippen molar-refractivity contribution in [3.8, 4) is 0 Å². The lowest BCUT2D eigenvalue weighted by Crippen LogP contribution is -2.44. The van der Waals surface area contributed by atoms with E-state index < -0.39 is 0 Å². The van der Waals surface area contributed by atoms with Gasteiger partial charge in [-0.25, -0.2) is 0 Å². The topological polar surface area (TPSA) is 57.6 Å². The predicted molar refractivity (Wildman–Crippen MR) is 50.9 cm³/mol. The summed E-state index contributed by atoms with van der Waals surface area (Å²) in [5.74, 6) is 0.895. The highest BCUT2D eigenvalue weighted by molar-refractivity contribution is 5.01. The minimum Gasteiger partial charge on any atom is -0.469 e. The first-order valence-corrected chi connectivity index (χ1v) is 4.83. The Morgan fingerprint density at radius 1 is 1.50 bits per heavy atom. The van der Waals surface area contributed by atoms with Crippen LogP contribution in [-0.4, -0.2) is 32.0 Å². The van der Waals surface area contributed by atoms with E-state index in [0.717, 1.165) is 5.76 Å². The molecule has 0 amide bonds. The van der Waals surface area contributed by atoms with E-state index in [1.54, 1.807) is 6.26 Å². The average molecular weight is 197 g/mol. The maximum Gasteiger partial charge on any atom is 0.105 e. The predicted octanol–water partition coefficient (Wildman–Crippen LogP) is 0.565. The van der Waals surface area contributed by atoms with E-state index in [1.807, 2.05) is 12.1 Å². The highest BCUT2D eigenvalue weighted by atomic mass is 16.6. The molecule has 1 aliphatic rings. The standard InChI is InChI=1S/C10H15NO3/c11-9(6-8-2-1-3-13-8)10-7-12-4-5-14-10/h1-3,9-10H,4-7,11H2. The lowest BCUT2D eigenvalue weighted by molar-refractivity contribution is -0.0971. The number of hydrogen-bond donors (Lipinski definition) is 1. The van der Waals surface area contributed by atoms with Crippen LogP contribution in [0.25, 0.3) is 0 Å². The summed E-state index contributed by atoms with van der Waals surface area (Å²) in [4.78, 5) is 0. The second-order valence-corrected chi connectivity index (χ2v) is 3.43. The molecule has 0 saturated carbocycles. The maximum atomic E-state index is 5.97. The molecule has 1 fully saturated rings.